The Morgan fingerprint density at radius 1 is 1.22 bits per heavy atom. The summed E-state index contributed by atoms with van der Waals surface area (Å²) in [6.07, 6.45) is 5.05. The molecule has 2 aliphatic heterocycles. The first kappa shape index (κ1) is 20.1. The molecule has 1 unspecified atom stereocenters. The van der Waals surface area contributed by atoms with Gasteiger partial charge in [-0.1, -0.05) is 0 Å². The lowest BCUT2D eigenvalue weighted by atomic mass is 9.98. The quantitative estimate of drug-likeness (QED) is 0.776. The van der Waals surface area contributed by atoms with Crippen molar-refractivity contribution in [2.45, 2.75) is 17.7 Å². The number of fused-ring (bicyclic) bond motifs is 1. The number of nitrogens with zero attached hydrogens (tertiary/aromatic N) is 3. The number of piperidine rings is 1. The summed E-state index contributed by atoms with van der Waals surface area (Å²) in [5.74, 6) is 0.164. The van der Waals surface area contributed by atoms with Crippen LogP contribution in [0.25, 0.3) is 11.0 Å². The smallest absolute Gasteiger partial charge is 0.245 e. The van der Waals surface area contributed by atoms with Crippen LogP contribution in [0.15, 0.2) is 29.4 Å². The summed E-state index contributed by atoms with van der Waals surface area (Å²) in [4.78, 5) is 21.7. The molecular weight excluding hydrogens is 390 g/mol. The molecule has 2 saturated heterocycles. The van der Waals surface area contributed by atoms with E-state index in [1.54, 1.807) is 23.2 Å². The number of hydrogen-bond acceptors (Lipinski definition) is 5. The van der Waals surface area contributed by atoms with E-state index < -0.39 is 10.0 Å². The van der Waals surface area contributed by atoms with Gasteiger partial charge in [-0.15, -0.1) is 12.4 Å². The van der Waals surface area contributed by atoms with Gasteiger partial charge in [-0.2, -0.15) is 4.31 Å². The Hall–Kier alpha value is -1.68. The molecule has 8 nitrogen and oxygen atoms in total. The minimum absolute atomic E-state index is 0. The second-order valence-corrected chi connectivity index (χ2v) is 8.73. The zero-order valence-corrected chi connectivity index (χ0v) is 16.6. The standard InChI is InChI=1S/C17H23N5O3S.ClH/c23-17(13-3-1-5-18-11-13)21-7-9-22(10-8-21)26(24,25)15-12-20-16-14(15)4-2-6-19-16;/h2,4,6,12-13,18H,1,3,5,7-11H2,(H,19,20);1H. The number of nitrogens with one attached hydrogen (secondary N) is 2. The van der Waals surface area contributed by atoms with Crippen LogP contribution < -0.4 is 5.32 Å². The van der Waals surface area contributed by atoms with Crippen LogP contribution in [-0.2, 0) is 14.8 Å². The second kappa shape index (κ2) is 8.14. The number of sulfonamides is 1. The third kappa shape index (κ3) is 3.82. The maximum Gasteiger partial charge on any atom is 0.245 e. The van der Waals surface area contributed by atoms with E-state index in [1.807, 2.05) is 0 Å². The summed E-state index contributed by atoms with van der Waals surface area (Å²) in [5.41, 5.74) is 0.560. The number of halogens is 1. The van der Waals surface area contributed by atoms with Gasteiger partial charge in [0.1, 0.15) is 10.5 Å². The minimum atomic E-state index is -3.61. The Labute approximate surface area is 164 Å². The molecule has 2 aromatic rings. The molecule has 1 amide bonds. The predicted molar refractivity (Wildman–Crippen MR) is 104 cm³/mol. The summed E-state index contributed by atoms with van der Waals surface area (Å²) in [7, 11) is -3.61. The van der Waals surface area contributed by atoms with Crippen molar-refractivity contribution in [1.29, 1.82) is 0 Å². The van der Waals surface area contributed by atoms with Crippen LogP contribution in [0.2, 0.25) is 0 Å². The fourth-order valence-electron chi connectivity index (χ4n) is 3.75. The highest BCUT2D eigenvalue weighted by atomic mass is 35.5. The number of aromatic nitrogens is 2. The van der Waals surface area contributed by atoms with Crippen molar-refractivity contribution >= 4 is 39.4 Å². The molecule has 0 radical (unpaired) electrons. The van der Waals surface area contributed by atoms with Gasteiger partial charge < -0.3 is 15.2 Å². The van der Waals surface area contributed by atoms with Gasteiger partial charge in [-0.05, 0) is 31.5 Å². The summed E-state index contributed by atoms with van der Waals surface area (Å²) in [6, 6.07) is 3.48. The lowest BCUT2D eigenvalue weighted by Gasteiger charge is -2.36. The average Bonchev–Trinajstić information content (AvgIpc) is 3.13. The minimum Gasteiger partial charge on any atom is -0.345 e. The van der Waals surface area contributed by atoms with E-state index in [2.05, 4.69) is 15.3 Å². The Kier molecular flexibility index (Phi) is 6.05. The Morgan fingerprint density at radius 2 is 2.00 bits per heavy atom. The molecule has 10 heteroatoms. The van der Waals surface area contributed by atoms with Gasteiger partial charge in [-0.25, -0.2) is 13.4 Å². The molecule has 2 fully saturated rings. The highest BCUT2D eigenvalue weighted by Crippen LogP contribution is 2.25. The molecule has 27 heavy (non-hydrogen) atoms. The van der Waals surface area contributed by atoms with Gasteiger partial charge >= 0.3 is 0 Å². The van der Waals surface area contributed by atoms with Crippen LogP contribution in [0.5, 0.6) is 0 Å². The highest BCUT2D eigenvalue weighted by molar-refractivity contribution is 7.89. The SMILES string of the molecule is Cl.O=C(C1CCCNC1)N1CCN(S(=O)(=O)c2c[nH]c3ncccc23)CC1. The first-order valence-corrected chi connectivity index (χ1v) is 10.4. The van der Waals surface area contributed by atoms with E-state index in [0.717, 1.165) is 25.9 Å². The van der Waals surface area contributed by atoms with E-state index >= 15 is 0 Å². The molecule has 4 heterocycles. The van der Waals surface area contributed by atoms with E-state index in [9.17, 15) is 13.2 Å². The van der Waals surface area contributed by atoms with Crippen molar-refractivity contribution in [3.8, 4) is 0 Å². The van der Waals surface area contributed by atoms with Crippen molar-refractivity contribution < 1.29 is 13.2 Å². The van der Waals surface area contributed by atoms with Gasteiger partial charge in [0.25, 0.3) is 0 Å². The van der Waals surface area contributed by atoms with Crippen LogP contribution in [-0.4, -0.2) is 72.8 Å². The summed E-state index contributed by atoms with van der Waals surface area (Å²) in [6.45, 7) is 3.21. The third-order valence-corrected chi connectivity index (χ3v) is 7.17. The second-order valence-electron chi connectivity index (χ2n) is 6.83. The molecule has 0 spiro atoms. The van der Waals surface area contributed by atoms with Crippen LogP contribution in [0.1, 0.15) is 12.8 Å². The topological polar surface area (TPSA) is 98.4 Å². The summed E-state index contributed by atoms with van der Waals surface area (Å²) < 4.78 is 27.5. The Morgan fingerprint density at radius 3 is 2.70 bits per heavy atom. The van der Waals surface area contributed by atoms with Crippen molar-refractivity contribution in [3.63, 3.8) is 0 Å². The molecule has 0 bridgehead atoms. The average molecular weight is 414 g/mol. The Bertz CT molecular complexity index is 902. The molecule has 148 valence electrons. The van der Waals surface area contributed by atoms with Gasteiger partial charge in [0, 0.05) is 50.5 Å². The molecule has 0 aromatic carbocycles. The first-order valence-electron chi connectivity index (χ1n) is 8.99. The molecule has 0 saturated carbocycles. The first-order chi connectivity index (χ1) is 12.6. The van der Waals surface area contributed by atoms with E-state index in [1.165, 1.54) is 10.5 Å². The highest BCUT2D eigenvalue weighted by Gasteiger charge is 2.34. The normalized spacial score (nSPS) is 21.8. The number of aromatic amines is 1. The zero-order chi connectivity index (χ0) is 18.1. The molecule has 2 aromatic heterocycles. The number of H-pyrrole nitrogens is 1. The number of amides is 1. The number of carbonyl (C=O) groups is 1. The fraction of sp³-hybridized carbons (Fsp3) is 0.529. The van der Waals surface area contributed by atoms with E-state index in [0.29, 0.717) is 37.2 Å². The van der Waals surface area contributed by atoms with Crippen LogP contribution >= 0.6 is 12.4 Å². The maximum atomic E-state index is 13.0. The maximum absolute atomic E-state index is 13.0. The number of hydrogen-bond donors (Lipinski definition) is 2. The molecule has 4 rings (SSSR count). The van der Waals surface area contributed by atoms with Crippen molar-refractivity contribution in [2.75, 3.05) is 39.3 Å². The van der Waals surface area contributed by atoms with Gasteiger partial charge in [0.05, 0.1) is 5.92 Å². The zero-order valence-electron chi connectivity index (χ0n) is 14.9. The molecule has 0 aliphatic carbocycles. The number of rotatable bonds is 3. The van der Waals surface area contributed by atoms with Crippen molar-refractivity contribution in [3.05, 3.63) is 24.5 Å². The predicted octanol–water partition coefficient (Wildman–Crippen LogP) is 0.817. The number of pyridine rings is 1. The van der Waals surface area contributed by atoms with E-state index in [4.69, 9.17) is 0 Å². The van der Waals surface area contributed by atoms with E-state index in [-0.39, 0.29) is 29.1 Å². The lowest BCUT2D eigenvalue weighted by Crippen LogP contribution is -2.53. The van der Waals surface area contributed by atoms with Crippen molar-refractivity contribution in [2.24, 2.45) is 5.92 Å². The fourth-order valence-corrected chi connectivity index (χ4v) is 5.33. The summed E-state index contributed by atoms with van der Waals surface area (Å²) >= 11 is 0. The largest absolute Gasteiger partial charge is 0.345 e. The number of carbonyl (C=O) groups excluding carboxylic acids is 1. The monoisotopic (exact) mass is 413 g/mol. The molecular formula is C17H24ClN5O3S. The molecule has 2 aliphatic rings. The van der Waals surface area contributed by atoms with Crippen molar-refractivity contribution in [1.82, 2.24) is 24.5 Å². The van der Waals surface area contributed by atoms with Crippen LogP contribution in [0.3, 0.4) is 0 Å². The lowest BCUT2D eigenvalue weighted by molar-refractivity contribution is -0.137. The molecule has 1 atom stereocenters. The van der Waals surface area contributed by atoms with Gasteiger partial charge in [0.2, 0.25) is 15.9 Å². The molecule has 2 N–H and O–H groups in total. The van der Waals surface area contributed by atoms with Crippen LogP contribution in [0, 0.1) is 5.92 Å². The van der Waals surface area contributed by atoms with Crippen LogP contribution in [0.4, 0.5) is 0 Å². The third-order valence-electron chi connectivity index (χ3n) is 5.23. The Balaban J connectivity index is 0.00000210. The van der Waals surface area contributed by atoms with Gasteiger partial charge in [-0.3, -0.25) is 4.79 Å². The number of piperazine rings is 1. The van der Waals surface area contributed by atoms with Gasteiger partial charge in [0.15, 0.2) is 0 Å². The summed E-state index contributed by atoms with van der Waals surface area (Å²) in [5, 5.41) is 3.86.